The van der Waals surface area contributed by atoms with E-state index in [2.05, 4.69) is 15.6 Å². The number of benzene rings is 1. The Kier molecular flexibility index (Phi) is 5.85. The Labute approximate surface area is 148 Å². The highest BCUT2D eigenvalue weighted by Crippen LogP contribution is 2.21. The third kappa shape index (κ3) is 5.91. The first-order valence-corrected chi connectivity index (χ1v) is 9.78. The lowest BCUT2D eigenvalue weighted by molar-refractivity contribution is -0.114. The van der Waals surface area contributed by atoms with Gasteiger partial charge in [-0.15, -0.1) is 11.3 Å². The number of aromatic nitrogens is 1. The maximum absolute atomic E-state index is 12.8. The van der Waals surface area contributed by atoms with Crippen LogP contribution in [0.3, 0.4) is 0 Å². The Morgan fingerprint density at radius 3 is 2.16 bits per heavy atom. The van der Waals surface area contributed by atoms with E-state index in [4.69, 9.17) is 0 Å². The molecule has 0 spiro atoms. The van der Waals surface area contributed by atoms with Gasteiger partial charge in [0.2, 0.25) is 11.8 Å². The van der Waals surface area contributed by atoms with E-state index in [1.807, 2.05) is 6.92 Å². The van der Waals surface area contributed by atoms with Gasteiger partial charge in [0, 0.05) is 10.6 Å². The molecule has 2 N–H and O–H groups in total. The molecule has 1 heterocycles. The Morgan fingerprint density at radius 2 is 1.64 bits per heavy atom. The number of thiazole rings is 1. The van der Waals surface area contributed by atoms with Gasteiger partial charge in [-0.25, -0.2) is 17.8 Å². The summed E-state index contributed by atoms with van der Waals surface area (Å²) in [4.78, 5) is 28.6. The minimum atomic E-state index is -3.95. The molecule has 0 aliphatic heterocycles. The molecular formula is C15H16FN3O4S2. The number of sulfone groups is 1. The highest BCUT2D eigenvalue weighted by atomic mass is 32.2. The molecule has 0 aliphatic rings. The number of anilines is 2. The summed E-state index contributed by atoms with van der Waals surface area (Å²) in [6.45, 7) is 3.61. The van der Waals surface area contributed by atoms with Gasteiger partial charge in [-0.3, -0.25) is 9.59 Å². The Bertz CT molecular complexity index is 873. The van der Waals surface area contributed by atoms with Crippen molar-refractivity contribution in [1.82, 2.24) is 4.98 Å². The first kappa shape index (κ1) is 19.0. The Balaban J connectivity index is 1.90. The number of carbonyl (C=O) groups is 2. The fourth-order valence-electron chi connectivity index (χ4n) is 1.86. The molecular weight excluding hydrogens is 369 g/mol. The molecule has 25 heavy (non-hydrogen) atoms. The molecule has 10 heteroatoms. The summed E-state index contributed by atoms with van der Waals surface area (Å²) >= 11 is 1.24. The van der Waals surface area contributed by atoms with Crippen LogP contribution in [0.1, 0.15) is 10.6 Å². The average molecular weight is 385 g/mol. The second kappa shape index (κ2) is 7.70. The molecule has 2 amide bonds. The molecule has 2 rings (SSSR count). The number of nitrogens with one attached hydrogen (secondary N) is 2. The van der Waals surface area contributed by atoms with Crippen LogP contribution in [0.15, 0.2) is 24.3 Å². The highest BCUT2D eigenvalue weighted by Gasteiger charge is 2.21. The van der Waals surface area contributed by atoms with Crippen molar-refractivity contribution in [1.29, 1.82) is 0 Å². The van der Waals surface area contributed by atoms with Crippen molar-refractivity contribution in [3.63, 3.8) is 0 Å². The van der Waals surface area contributed by atoms with Gasteiger partial charge in [0.25, 0.3) is 0 Å². The molecule has 1 aromatic carbocycles. The molecule has 0 bridgehead atoms. The molecule has 0 fully saturated rings. The third-order valence-corrected chi connectivity index (χ3v) is 5.50. The van der Waals surface area contributed by atoms with Crippen LogP contribution in [0, 0.1) is 19.7 Å². The van der Waals surface area contributed by atoms with Gasteiger partial charge in [0.15, 0.2) is 15.0 Å². The number of nitrogens with zero attached hydrogens (tertiary/aromatic N) is 1. The second-order valence-electron chi connectivity index (χ2n) is 5.30. The first-order chi connectivity index (χ1) is 11.6. The topological polar surface area (TPSA) is 105 Å². The maximum Gasteiger partial charge on any atom is 0.241 e. The van der Waals surface area contributed by atoms with E-state index in [1.54, 1.807) is 6.92 Å². The lowest BCUT2D eigenvalue weighted by Gasteiger charge is -2.06. The predicted octanol–water partition coefficient (Wildman–Crippen LogP) is 1.89. The molecule has 134 valence electrons. The first-order valence-electron chi connectivity index (χ1n) is 7.14. The number of halogens is 1. The molecule has 0 aliphatic carbocycles. The van der Waals surface area contributed by atoms with Gasteiger partial charge < -0.3 is 10.6 Å². The van der Waals surface area contributed by atoms with Crippen LogP contribution in [-0.4, -0.2) is 36.7 Å². The van der Waals surface area contributed by atoms with E-state index >= 15 is 0 Å². The van der Waals surface area contributed by atoms with Gasteiger partial charge in [0.05, 0.1) is 5.69 Å². The summed E-state index contributed by atoms with van der Waals surface area (Å²) in [6, 6.07) is 4.88. The van der Waals surface area contributed by atoms with Crippen LogP contribution in [-0.2, 0) is 19.4 Å². The normalized spacial score (nSPS) is 11.2. The summed E-state index contributed by atoms with van der Waals surface area (Å²) < 4.78 is 36.7. The van der Waals surface area contributed by atoms with Crippen LogP contribution in [0.2, 0.25) is 0 Å². The van der Waals surface area contributed by atoms with E-state index in [9.17, 15) is 22.4 Å². The minimum Gasteiger partial charge on any atom is -0.325 e. The van der Waals surface area contributed by atoms with Crippen molar-refractivity contribution in [3.05, 3.63) is 40.7 Å². The van der Waals surface area contributed by atoms with Crippen LogP contribution >= 0.6 is 11.3 Å². The summed E-state index contributed by atoms with van der Waals surface area (Å²) in [5, 5.41) is 5.05. The summed E-state index contributed by atoms with van der Waals surface area (Å²) in [5.74, 6) is -3.73. The lowest BCUT2D eigenvalue weighted by Crippen LogP contribution is -2.30. The van der Waals surface area contributed by atoms with E-state index in [-0.39, 0.29) is 5.69 Å². The molecule has 0 radical (unpaired) electrons. The van der Waals surface area contributed by atoms with Gasteiger partial charge >= 0.3 is 0 Å². The largest absolute Gasteiger partial charge is 0.325 e. The lowest BCUT2D eigenvalue weighted by atomic mass is 10.3. The Morgan fingerprint density at radius 1 is 1.08 bits per heavy atom. The fraction of sp³-hybridized carbons (Fsp3) is 0.267. The standard InChI is InChI=1S/C15H16FN3O4S2/c1-9-10(2)24-15(17-9)19-14(21)8-25(22,23)7-13(20)18-12-5-3-11(16)4-6-12/h3-6H,7-8H2,1-2H3,(H,18,20)(H,17,19,21). The van der Waals surface area contributed by atoms with Gasteiger partial charge in [-0.05, 0) is 38.1 Å². The third-order valence-electron chi connectivity index (χ3n) is 3.10. The van der Waals surface area contributed by atoms with Crippen LogP contribution in [0.5, 0.6) is 0 Å². The molecule has 0 saturated carbocycles. The monoisotopic (exact) mass is 385 g/mol. The number of amides is 2. The summed E-state index contributed by atoms with van der Waals surface area (Å²) in [7, 11) is -3.95. The van der Waals surface area contributed by atoms with Gasteiger partial charge in [0.1, 0.15) is 17.3 Å². The SMILES string of the molecule is Cc1nc(NC(=O)CS(=O)(=O)CC(=O)Nc2ccc(F)cc2)sc1C. The van der Waals surface area contributed by atoms with Gasteiger partial charge in [-0.1, -0.05) is 0 Å². The van der Waals surface area contributed by atoms with E-state index < -0.39 is 39.0 Å². The quantitative estimate of drug-likeness (QED) is 0.790. The van der Waals surface area contributed by atoms with Crippen molar-refractivity contribution >= 4 is 43.8 Å². The van der Waals surface area contributed by atoms with Crippen molar-refractivity contribution in [2.24, 2.45) is 0 Å². The fourth-order valence-corrected chi connectivity index (χ4v) is 3.74. The second-order valence-corrected chi connectivity index (χ2v) is 8.56. The molecule has 0 atom stereocenters. The number of rotatable bonds is 6. The van der Waals surface area contributed by atoms with Crippen molar-refractivity contribution in [2.75, 3.05) is 22.1 Å². The average Bonchev–Trinajstić information content (AvgIpc) is 2.78. The van der Waals surface area contributed by atoms with E-state index in [1.165, 1.54) is 23.5 Å². The van der Waals surface area contributed by atoms with E-state index in [0.717, 1.165) is 22.7 Å². The molecule has 0 saturated heterocycles. The number of hydrogen-bond donors (Lipinski definition) is 2. The minimum absolute atomic E-state index is 0.264. The zero-order chi connectivity index (χ0) is 18.6. The Hall–Kier alpha value is -2.33. The van der Waals surface area contributed by atoms with Crippen LogP contribution < -0.4 is 10.6 Å². The van der Waals surface area contributed by atoms with Crippen LogP contribution in [0.25, 0.3) is 0 Å². The predicted molar refractivity (Wildman–Crippen MR) is 93.9 cm³/mol. The van der Waals surface area contributed by atoms with Crippen LogP contribution in [0.4, 0.5) is 15.2 Å². The zero-order valence-electron chi connectivity index (χ0n) is 13.5. The summed E-state index contributed by atoms with van der Waals surface area (Å²) in [5.41, 5.74) is 1.02. The maximum atomic E-state index is 12.8. The number of hydrogen-bond acceptors (Lipinski definition) is 6. The zero-order valence-corrected chi connectivity index (χ0v) is 15.1. The molecule has 2 aromatic rings. The van der Waals surface area contributed by atoms with Crippen molar-refractivity contribution < 1.29 is 22.4 Å². The van der Waals surface area contributed by atoms with Crippen molar-refractivity contribution in [2.45, 2.75) is 13.8 Å². The number of carbonyl (C=O) groups excluding carboxylic acids is 2. The smallest absolute Gasteiger partial charge is 0.241 e. The molecule has 1 aromatic heterocycles. The van der Waals surface area contributed by atoms with Crippen molar-refractivity contribution in [3.8, 4) is 0 Å². The molecule has 0 unspecified atom stereocenters. The van der Waals surface area contributed by atoms with E-state index in [0.29, 0.717) is 5.13 Å². The number of aryl methyl sites for hydroxylation is 2. The van der Waals surface area contributed by atoms with Gasteiger partial charge in [-0.2, -0.15) is 0 Å². The molecule has 7 nitrogen and oxygen atoms in total. The summed E-state index contributed by atoms with van der Waals surface area (Å²) in [6.07, 6.45) is 0. The highest BCUT2D eigenvalue weighted by molar-refractivity contribution is 7.92.